The molecule has 0 aliphatic heterocycles. The van der Waals surface area contributed by atoms with E-state index in [4.69, 9.17) is 0 Å². The van der Waals surface area contributed by atoms with Crippen LogP contribution in [0.15, 0.2) is 59.8 Å². The molecule has 7 heteroatoms. The van der Waals surface area contributed by atoms with Gasteiger partial charge in [-0.15, -0.1) is 10.2 Å². The summed E-state index contributed by atoms with van der Waals surface area (Å²) in [5, 5.41) is 11.8. The van der Waals surface area contributed by atoms with Gasteiger partial charge in [0.2, 0.25) is 10.9 Å². The van der Waals surface area contributed by atoms with E-state index in [0.717, 1.165) is 26.0 Å². The van der Waals surface area contributed by atoms with Gasteiger partial charge in [-0.1, -0.05) is 53.4 Å². The number of carbonyl (C=O) groups is 1. The second kappa shape index (κ2) is 6.26. The maximum Gasteiger partial charge on any atom is 0.237 e. The van der Waals surface area contributed by atoms with Crippen molar-refractivity contribution in [2.75, 3.05) is 5.32 Å². The number of anilines is 1. The fraction of sp³-hybridized carbons (Fsp3) is 0.118. The van der Waals surface area contributed by atoms with E-state index in [2.05, 4.69) is 21.6 Å². The number of rotatable bonds is 4. The van der Waals surface area contributed by atoms with Gasteiger partial charge < -0.3 is 5.32 Å². The Labute approximate surface area is 146 Å². The van der Waals surface area contributed by atoms with Gasteiger partial charge >= 0.3 is 0 Å². The zero-order chi connectivity index (χ0) is 16.5. The number of fused-ring (bicyclic) bond motifs is 3. The van der Waals surface area contributed by atoms with Crippen molar-refractivity contribution in [3.63, 3.8) is 0 Å². The van der Waals surface area contributed by atoms with Gasteiger partial charge in [0.25, 0.3) is 0 Å². The Morgan fingerprint density at radius 1 is 1.12 bits per heavy atom. The van der Waals surface area contributed by atoms with Crippen molar-refractivity contribution in [2.45, 2.75) is 17.3 Å². The summed E-state index contributed by atoms with van der Waals surface area (Å²) in [4.78, 5) is 13.2. The normalized spacial score (nSPS) is 12.5. The summed E-state index contributed by atoms with van der Waals surface area (Å²) < 4.78 is 3.17. The highest BCUT2D eigenvalue weighted by Crippen LogP contribution is 2.31. The topological polar surface area (TPSA) is 59.3 Å². The van der Waals surface area contributed by atoms with Crippen molar-refractivity contribution >= 4 is 49.9 Å². The number of carbonyl (C=O) groups excluding carboxylic acids is 1. The molecule has 1 atom stereocenters. The molecular weight excluding hydrogens is 340 g/mol. The van der Waals surface area contributed by atoms with Crippen LogP contribution < -0.4 is 5.32 Å². The first-order chi connectivity index (χ1) is 11.7. The van der Waals surface area contributed by atoms with Gasteiger partial charge in [0.05, 0.1) is 15.5 Å². The minimum atomic E-state index is -0.281. The molecule has 24 heavy (non-hydrogen) atoms. The smallest absolute Gasteiger partial charge is 0.237 e. The predicted octanol–water partition coefficient (Wildman–Crippen LogP) is 4.06. The van der Waals surface area contributed by atoms with E-state index in [1.807, 2.05) is 59.9 Å². The third-order valence-corrected chi connectivity index (χ3v) is 5.66. The van der Waals surface area contributed by atoms with Crippen molar-refractivity contribution in [2.24, 2.45) is 0 Å². The lowest BCUT2D eigenvalue weighted by molar-refractivity contribution is -0.115. The van der Waals surface area contributed by atoms with E-state index < -0.39 is 0 Å². The number of thioether (sulfide) groups is 1. The Bertz CT molecular complexity index is 1010. The molecule has 0 bridgehead atoms. The molecule has 0 fully saturated rings. The first-order valence-corrected chi connectivity index (χ1v) is 9.17. The standard InChI is InChI=1S/C17H14N4OS2/c1-11(15(22)18-12-7-3-2-4-8-12)23-16-19-20-17-21(16)13-9-5-6-10-14(13)24-17/h2-11H,1H3,(H,18,22)/t11-/m0/s1. The second-order valence-electron chi connectivity index (χ2n) is 5.29. The number of amides is 1. The first kappa shape index (κ1) is 15.2. The summed E-state index contributed by atoms with van der Waals surface area (Å²) in [7, 11) is 0. The lowest BCUT2D eigenvalue weighted by atomic mass is 10.3. The number of aromatic nitrogens is 3. The Morgan fingerprint density at radius 2 is 1.88 bits per heavy atom. The minimum Gasteiger partial charge on any atom is -0.325 e. The van der Waals surface area contributed by atoms with Crippen molar-refractivity contribution in [3.8, 4) is 0 Å². The van der Waals surface area contributed by atoms with Crippen molar-refractivity contribution in [1.29, 1.82) is 0 Å². The van der Waals surface area contributed by atoms with Crippen LogP contribution in [0, 0.1) is 0 Å². The molecule has 2 heterocycles. The van der Waals surface area contributed by atoms with Gasteiger partial charge in [-0.2, -0.15) is 0 Å². The van der Waals surface area contributed by atoms with E-state index in [-0.39, 0.29) is 11.2 Å². The maximum absolute atomic E-state index is 12.4. The van der Waals surface area contributed by atoms with Gasteiger partial charge in [-0.3, -0.25) is 9.20 Å². The maximum atomic E-state index is 12.4. The van der Waals surface area contributed by atoms with Gasteiger partial charge in [0.15, 0.2) is 5.16 Å². The van der Waals surface area contributed by atoms with Gasteiger partial charge in [0, 0.05) is 5.69 Å². The second-order valence-corrected chi connectivity index (χ2v) is 7.60. The molecule has 0 saturated carbocycles. The van der Waals surface area contributed by atoms with Crippen LogP contribution in [0.25, 0.3) is 15.2 Å². The zero-order valence-electron chi connectivity index (χ0n) is 12.8. The fourth-order valence-electron chi connectivity index (χ4n) is 2.41. The summed E-state index contributed by atoms with van der Waals surface area (Å²) in [6.07, 6.45) is 0. The van der Waals surface area contributed by atoms with Crippen molar-refractivity contribution < 1.29 is 4.79 Å². The van der Waals surface area contributed by atoms with Crippen LogP contribution in [0.3, 0.4) is 0 Å². The number of benzene rings is 2. The Hall–Kier alpha value is -2.38. The van der Waals surface area contributed by atoms with Crippen LogP contribution in [-0.4, -0.2) is 25.8 Å². The average Bonchev–Trinajstić information content (AvgIpc) is 3.15. The largest absolute Gasteiger partial charge is 0.325 e. The Morgan fingerprint density at radius 3 is 2.71 bits per heavy atom. The molecule has 0 radical (unpaired) electrons. The monoisotopic (exact) mass is 354 g/mol. The van der Waals surface area contributed by atoms with Crippen LogP contribution in [0.2, 0.25) is 0 Å². The fourth-order valence-corrected chi connectivity index (χ4v) is 4.29. The molecule has 1 N–H and O–H groups in total. The number of hydrogen-bond acceptors (Lipinski definition) is 5. The molecule has 0 spiro atoms. The molecule has 4 rings (SSSR count). The molecule has 4 aromatic rings. The molecule has 0 aliphatic carbocycles. The molecule has 0 unspecified atom stereocenters. The summed E-state index contributed by atoms with van der Waals surface area (Å²) in [5.41, 5.74) is 1.86. The zero-order valence-corrected chi connectivity index (χ0v) is 14.5. The summed E-state index contributed by atoms with van der Waals surface area (Å²) in [5.74, 6) is -0.0533. The minimum absolute atomic E-state index is 0.0533. The SMILES string of the molecule is C[C@H](Sc1nnc2sc3ccccc3n12)C(=O)Nc1ccccc1. The predicted molar refractivity (Wildman–Crippen MR) is 98.8 cm³/mol. The average molecular weight is 354 g/mol. The van der Waals surface area contributed by atoms with E-state index in [1.165, 1.54) is 11.8 Å². The lowest BCUT2D eigenvalue weighted by Crippen LogP contribution is -2.22. The quantitative estimate of drug-likeness (QED) is 0.561. The summed E-state index contributed by atoms with van der Waals surface area (Å²) in [6.45, 7) is 1.87. The van der Waals surface area contributed by atoms with E-state index >= 15 is 0 Å². The molecule has 2 aromatic heterocycles. The van der Waals surface area contributed by atoms with Gasteiger partial charge in [-0.05, 0) is 31.2 Å². The highest BCUT2D eigenvalue weighted by Gasteiger charge is 2.20. The van der Waals surface area contributed by atoms with Crippen LogP contribution >= 0.6 is 23.1 Å². The molecule has 5 nitrogen and oxygen atoms in total. The van der Waals surface area contributed by atoms with Crippen molar-refractivity contribution in [1.82, 2.24) is 14.6 Å². The van der Waals surface area contributed by atoms with Gasteiger partial charge in [-0.25, -0.2) is 0 Å². The number of thiazole rings is 1. The third kappa shape index (κ3) is 2.76. The molecule has 2 aromatic carbocycles. The highest BCUT2D eigenvalue weighted by molar-refractivity contribution is 8.00. The molecule has 1 amide bonds. The number of para-hydroxylation sites is 2. The number of nitrogens with zero attached hydrogens (tertiary/aromatic N) is 3. The van der Waals surface area contributed by atoms with Crippen LogP contribution in [0.4, 0.5) is 5.69 Å². The van der Waals surface area contributed by atoms with Crippen LogP contribution in [-0.2, 0) is 4.79 Å². The van der Waals surface area contributed by atoms with E-state index in [9.17, 15) is 4.79 Å². The number of nitrogens with one attached hydrogen (secondary N) is 1. The van der Waals surface area contributed by atoms with Crippen molar-refractivity contribution in [3.05, 3.63) is 54.6 Å². The first-order valence-electron chi connectivity index (χ1n) is 7.47. The van der Waals surface area contributed by atoms with Gasteiger partial charge in [0.1, 0.15) is 0 Å². The number of hydrogen-bond donors (Lipinski definition) is 1. The highest BCUT2D eigenvalue weighted by atomic mass is 32.2. The Kier molecular flexibility index (Phi) is 3.95. The molecule has 0 saturated heterocycles. The third-order valence-electron chi connectivity index (χ3n) is 3.60. The van der Waals surface area contributed by atoms with E-state index in [1.54, 1.807) is 11.3 Å². The van der Waals surface area contributed by atoms with E-state index in [0.29, 0.717) is 0 Å². The molecule has 120 valence electrons. The van der Waals surface area contributed by atoms with Crippen LogP contribution in [0.5, 0.6) is 0 Å². The van der Waals surface area contributed by atoms with Crippen LogP contribution in [0.1, 0.15) is 6.92 Å². The Balaban J connectivity index is 1.58. The lowest BCUT2D eigenvalue weighted by Gasteiger charge is -2.10. The summed E-state index contributed by atoms with van der Waals surface area (Å²) in [6, 6.07) is 17.6. The summed E-state index contributed by atoms with van der Waals surface area (Å²) >= 11 is 3.01. The molecular formula is C17H14N4OS2. The molecule has 0 aliphatic rings.